The van der Waals surface area contributed by atoms with Gasteiger partial charge in [0.15, 0.2) is 0 Å². The molecule has 0 amide bonds. The van der Waals surface area contributed by atoms with Crippen LogP contribution in [0, 0.1) is 0 Å². The summed E-state index contributed by atoms with van der Waals surface area (Å²) in [5.74, 6) is 0. The van der Waals surface area contributed by atoms with Crippen molar-refractivity contribution >= 4 is 15.9 Å². The summed E-state index contributed by atoms with van der Waals surface area (Å²) in [5.41, 5.74) is 0.0214. The van der Waals surface area contributed by atoms with Gasteiger partial charge in [0.05, 0.1) is 18.8 Å². The molecule has 0 atom stereocenters. The third kappa shape index (κ3) is 4.56. The molecule has 19 heavy (non-hydrogen) atoms. The number of hydrogen-bond acceptors (Lipinski definition) is 3. The fraction of sp³-hybridized carbons (Fsp3) is 0.600. The van der Waals surface area contributed by atoms with Crippen molar-refractivity contribution in [2.75, 3.05) is 19.8 Å². The van der Waals surface area contributed by atoms with Gasteiger partial charge in [-0.05, 0) is 38.8 Å². The Balaban J connectivity index is 2.89. The van der Waals surface area contributed by atoms with Gasteiger partial charge in [0.2, 0.25) is 0 Å². The van der Waals surface area contributed by atoms with Crippen molar-refractivity contribution < 1.29 is 14.9 Å². The Morgan fingerprint density at radius 1 is 1.11 bits per heavy atom. The molecule has 0 bridgehead atoms. The summed E-state index contributed by atoms with van der Waals surface area (Å²) >= 11 is 3.48. The van der Waals surface area contributed by atoms with Crippen LogP contribution in [-0.4, -0.2) is 35.6 Å². The first-order valence-electron chi connectivity index (χ1n) is 6.45. The lowest BCUT2D eigenvalue weighted by Crippen LogP contribution is -2.37. The number of benzene rings is 1. The first-order chi connectivity index (χ1) is 8.84. The molecule has 3 nitrogen and oxygen atoms in total. The first kappa shape index (κ1) is 16.6. The van der Waals surface area contributed by atoms with Gasteiger partial charge in [0.25, 0.3) is 0 Å². The van der Waals surface area contributed by atoms with Crippen LogP contribution >= 0.6 is 15.9 Å². The molecule has 2 N–H and O–H groups in total. The van der Waals surface area contributed by atoms with E-state index >= 15 is 0 Å². The maximum absolute atomic E-state index is 9.75. The average Bonchev–Trinajstić information content (AvgIpc) is 2.35. The minimum atomic E-state index is -0.675. The van der Waals surface area contributed by atoms with Crippen LogP contribution < -0.4 is 0 Å². The van der Waals surface area contributed by atoms with Crippen LogP contribution in [0.4, 0.5) is 0 Å². The fourth-order valence-electron chi connectivity index (χ4n) is 1.96. The van der Waals surface area contributed by atoms with Crippen LogP contribution in [0.1, 0.15) is 32.8 Å². The largest absolute Gasteiger partial charge is 0.395 e. The van der Waals surface area contributed by atoms with Gasteiger partial charge in [-0.3, -0.25) is 0 Å². The van der Waals surface area contributed by atoms with Crippen molar-refractivity contribution in [1.29, 1.82) is 0 Å². The SMILES string of the molecule is CC(C)(C)OCCC(CO)(CO)c1ccccc1Br. The van der Waals surface area contributed by atoms with Gasteiger partial charge in [0, 0.05) is 16.5 Å². The standard InChI is InChI=1S/C15H23BrO3/c1-14(2,3)19-9-8-15(10-17,11-18)12-6-4-5-7-13(12)16/h4-7,17-18H,8-11H2,1-3H3. The van der Waals surface area contributed by atoms with E-state index in [-0.39, 0.29) is 18.8 Å². The van der Waals surface area contributed by atoms with E-state index in [1.54, 1.807) is 0 Å². The minimum absolute atomic E-state index is 0.111. The van der Waals surface area contributed by atoms with Crippen LogP contribution in [0.5, 0.6) is 0 Å². The molecular formula is C15H23BrO3. The Kier molecular flexibility index (Phi) is 5.99. The maximum atomic E-state index is 9.75. The molecule has 0 heterocycles. The molecule has 108 valence electrons. The summed E-state index contributed by atoms with van der Waals surface area (Å²) < 4.78 is 6.61. The van der Waals surface area contributed by atoms with Gasteiger partial charge in [-0.1, -0.05) is 34.1 Å². The van der Waals surface area contributed by atoms with Gasteiger partial charge in [0.1, 0.15) is 0 Å². The summed E-state index contributed by atoms with van der Waals surface area (Å²) in [7, 11) is 0. The predicted octanol–water partition coefficient (Wildman–Crippen LogP) is 2.88. The van der Waals surface area contributed by atoms with E-state index < -0.39 is 5.41 Å². The highest BCUT2D eigenvalue weighted by molar-refractivity contribution is 9.10. The molecule has 1 rings (SSSR count). The van der Waals surface area contributed by atoms with Gasteiger partial charge in [-0.2, -0.15) is 0 Å². The molecule has 0 aliphatic rings. The van der Waals surface area contributed by atoms with Crippen LogP contribution in [0.3, 0.4) is 0 Å². The zero-order valence-corrected chi connectivity index (χ0v) is 13.4. The molecule has 0 radical (unpaired) electrons. The third-order valence-corrected chi connectivity index (χ3v) is 3.86. The second kappa shape index (κ2) is 6.84. The highest BCUT2D eigenvalue weighted by Crippen LogP contribution is 2.33. The Hall–Kier alpha value is -0.420. The number of rotatable bonds is 6. The summed E-state index contributed by atoms with van der Waals surface area (Å²) in [4.78, 5) is 0. The molecule has 0 aliphatic heterocycles. The number of aliphatic hydroxyl groups is 2. The number of ether oxygens (including phenoxy) is 1. The number of aliphatic hydroxyl groups excluding tert-OH is 2. The number of halogens is 1. The smallest absolute Gasteiger partial charge is 0.0598 e. The molecule has 0 fully saturated rings. The van der Waals surface area contributed by atoms with Crippen LogP contribution in [0.2, 0.25) is 0 Å². The van der Waals surface area contributed by atoms with E-state index in [0.717, 1.165) is 10.0 Å². The fourth-order valence-corrected chi connectivity index (χ4v) is 2.66. The van der Waals surface area contributed by atoms with Gasteiger partial charge in [-0.25, -0.2) is 0 Å². The predicted molar refractivity (Wildman–Crippen MR) is 80.3 cm³/mol. The van der Waals surface area contributed by atoms with E-state index in [1.165, 1.54) is 0 Å². The average molecular weight is 331 g/mol. The van der Waals surface area contributed by atoms with Gasteiger partial charge >= 0.3 is 0 Å². The first-order valence-corrected chi connectivity index (χ1v) is 7.25. The zero-order chi connectivity index (χ0) is 14.5. The van der Waals surface area contributed by atoms with E-state index in [9.17, 15) is 10.2 Å². The molecule has 0 unspecified atom stereocenters. The van der Waals surface area contributed by atoms with Crippen molar-refractivity contribution in [3.8, 4) is 0 Å². The van der Waals surface area contributed by atoms with Crippen molar-refractivity contribution in [2.45, 2.75) is 38.2 Å². The van der Waals surface area contributed by atoms with E-state index in [4.69, 9.17) is 4.74 Å². The Morgan fingerprint density at radius 3 is 2.16 bits per heavy atom. The lowest BCUT2D eigenvalue weighted by atomic mass is 9.79. The van der Waals surface area contributed by atoms with Crippen molar-refractivity contribution in [3.05, 3.63) is 34.3 Å². The van der Waals surface area contributed by atoms with E-state index in [1.807, 2.05) is 45.0 Å². The summed E-state index contributed by atoms with van der Waals surface area (Å²) in [6.45, 7) is 6.24. The molecule has 0 spiro atoms. The monoisotopic (exact) mass is 330 g/mol. The zero-order valence-electron chi connectivity index (χ0n) is 11.8. The molecule has 0 aromatic heterocycles. The lowest BCUT2D eigenvalue weighted by Gasteiger charge is -2.32. The highest BCUT2D eigenvalue weighted by atomic mass is 79.9. The van der Waals surface area contributed by atoms with Gasteiger partial charge in [-0.15, -0.1) is 0 Å². The van der Waals surface area contributed by atoms with Crippen molar-refractivity contribution in [1.82, 2.24) is 0 Å². The normalized spacial score (nSPS) is 12.7. The van der Waals surface area contributed by atoms with Crippen molar-refractivity contribution in [3.63, 3.8) is 0 Å². The molecular weight excluding hydrogens is 308 g/mol. The maximum Gasteiger partial charge on any atom is 0.0598 e. The Morgan fingerprint density at radius 2 is 1.68 bits per heavy atom. The summed E-state index contributed by atoms with van der Waals surface area (Å²) in [6.07, 6.45) is 0.569. The van der Waals surface area contributed by atoms with E-state index in [2.05, 4.69) is 15.9 Å². The third-order valence-electron chi connectivity index (χ3n) is 3.17. The van der Waals surface area contributed by atoms with Crippen LogP contribution in [-0.2, 0) is 10.2 Å². The highest BCUT2D eigenvalue weighted by Gasteiger charge is 2.33. The molecule has 0 saturated carbocycles. The van der Waals surface area contributed by atoms with Crippen LogP contribution in [0.25, 0.3) is 0 Å². The molecule has 0 saturated heterocycles. The molecule has 0 aliphatic carbocycles. The number of hydrogen-bond donors (Lipinski definition) is 2. The van der Waals surface area contributed by atoms with Gasteiger partial charge < -0.3 is 14.9 Å². The lowest BCUT2D eigenvalue weighted by molar-refractivity contribution is -0.0219. The summed E-state index contributed by atoms with van der Waals surface area (Å²) in [6, 6.07) is 7.66. The van der Waals surface area contributed by atoms with E-state index in [0.29, 0.717) is 13.0 Å². The summed E-state index contributed by atoms with van der Waals surface area (Å²) in [5, 5.41) is 19.5. The quantitative estimate of drug-likeness (QED) is 0.843. The van der Waals surface area contributed by atoms with Crippen molar-refractivity contribution in [2.24, 2.45) is 0 Å². The molecule has 1 aromatic rings. The molecule has 4 heteroatoms. The topological polar surface area (TPSA) is 49.7 Å². The Bertz CT molecular complexity index is 395. The molecule has 1 aromatic carbocycles. The minimum Gasteiger partial charge on any atom is -0.395 e. The Labute approximate surface area is 123 Å². The second-order valence-electron chi connectivity index (χ2n) is 5.79. The van der Waals surface area contributed by atoms with Crippen LogP contribution in [0.15, 0.2) is 28.7 Å². The second-order valence-corrected chi connectivity index (χ2v) is 6.64.